The van der Waals surface area contributed by atoms with Crippen LogP contribution in [0.5, 0.6) is 0 Å². The van der Waals surface area contributed by atoms with Gasteiger partial charge in [-0.2, -0.15) is 0 Å². The molecule has 1 aliphatic rings. The Kier molecular flexibility index (Phi) is 5.27. The highest BCUT2D eigenvalue weighted by molar-refractivity contribution is 6.30. The molecule has 3 rings (SSSR count). The van der Waals surface area contributed by atoms with Crippen LogP contribution in [0.1, 0.15) is 22.1 Å². The summed E-state index contributed by atoms with van der Waals surface area (Å²) in [6.45, 7) is 3.59. The fraction of sp³-hybridized carbons (Fsp3) is 0.375. The molecule has 1 amide bonds. The summed E-state index contributed by atoms with van der Waals surface area (Å²) in [5.74, 6) is -0.168. The second-order valence-corrected chi connectivity index (χ2v) is 5.83. The number of nitrogens with one attached hydrogen (secondary N) is 2. The summed E-state index contributed by atoms with van der Waals surface area (Å²) in [6, 6.07) is 5.63. The van der Waals surface area contributed by atoms with Crippen LogP contribution in [-0.2, 0) is 4.74 Å². The van der Waals surface area contributed by atoms with E-state index in [0.717, 1.165) is 18.7 Å². The van der Waals surface area contributed by atoms with Gasteiger partial charge in [0.05, 0.1) is 24.3 Å². The number of amides is 1. The van der Waals surface area contributed by atoms with Gasteiger partial charge in [0, 0.05) is 38.2 Å². The van der Waals surface area contributed by atoms with Gasteiger partial charge in [0.15, 0.2) is 0 Å². The Morgan fingerprint density at radius 1 is 1.48 bits per heavy atom. The molecule has 0 saturated carbocycles. The van der Waals surface area contributed by atoms with Crippen molar-refractivity contribution in [2.24, 2.45) is 0 Å². The summed E-state index contributed by atoms with van der Waals surface area (Å²) in [6.07, 6.45) is 5.19. The van der Waals surface area contributed by atoms with Crippen molar-refractivity contribution < 1.29 is 9.53 Å². The van der Waals surface area contributed by atoms with Crippen molar-refractivity contribution in [3.8, 4) is 0 Å². The number of nitrogens with zero attached hydrogens (tertiary/aromatic N) is 2. The van der Waals surface area contributed by atoms with E-state index >= 15 is 0 Å². The number of carbonyl (C=O) groups is 1. The van der Waals surface area contributed by atoms with Gasteiger partial charge in [-0.3, -0.25) is 14.7 Å². The van der Waals surface area contributed by atoms with Crippen molar-refractivity contribution in [1.29, 1.82) is 0 Å². The molecule has 1 fully saturated rings. The number of rotatable bonds is 5. The zero-order chi connectivity index (χ0) is 16.1. The van der Waals surface area contributed by atoms with E-state index in [1.54, 1.807) is 18.5 Å². The minimum Gasteiger partial charge on any atom is -0.379 e. The molecule has 3 heterocycles. The molecule has 122 valence electrons. The number of pyridine rings is 1. The lowest BCUT2D eigenvalue weighted by molar-refractivity contribution is 0.0161. The minimum atomic E-state index is -0.168. The van der Waals surface area contributed by atoms with E-state index in [1.807, 2.05) is 18.3 Å². The normalized spacial score (nSPS) is 16.9. The molecule has 1 unspecified atom stereocenters. The first-order valence-electron chi connectivity index (χ1n) is 7.58. The van der Waals surface area contributed by atoms with E-state index in [1.165, 1.54) is 0 Å². The highest BCUT2D eigenvalue weighted by Crippen LogP contribution is 2.20. The van der Waals surface area contributed by atoms with Gasteiger partial charge in [0.2, 0.25) is 0 Å². The Balaban J connectivity index is 1.69. The van der Waals surface area contributed by atoms with Gasteiger partial charge in [0.25, 0.3) is 5.91 Å². The number of H-pyrrole nitrogens is 1. The van der Waals surface area contributed by atoms with Crippen molar-refractivity contribution in [2.45, 2.75) is 6.04 Å². The van der Waals surface area contributed by atoms with Crippen LogP contribution < -0.4 is 5.32 Å². The lowest BCUT2D eigenvalue weighted by Crippen LogP contribution is -2.43. The number of halogens is 1. The number of carbonyl (C=O) groups excluding carboxylic acids is 1. The molecule has 0 aliphatic carbocycles. The molecule has 0 radical (unpaired) electrons. The summed E-state index contributed by atoms with van der Waals surface area (Å²) < 4.78 is 5.42. The summed E-state index contributed by atoms with van der Waals surface area (Å²) in [7, 11) is 0. The zero-order valence-corrected chi connectivity index (χ0v) is 13.4. The highest BCUT2D eigenvalue weighted by atomic mass is 35.5. The Hall–Kier alpha value is -1.89. The smallest absolute Gasteiger partial charge is 0.267 e. The van der Waals surface area contributed by atoms with Crippen molar-refractivity contribution in [2.75, 3.05) is 32.8 Å². The summed E-state index contributed by atoms with van der Waals surface area (Å²) in [5, 5.41) is 3.49. The van der Waals surface area contributed by atoms with E-state index < -0.39 is 0 Å². The maximum Gasteiger partial charge on any atom is 0.267 e. The SMILES string of the molecule is O=C(NCC(c1cccnc1)N1CCOCC1)c1cc(Cl)c[nH]1. The molecule has 0 spiro atoms. The van der Waals surface area contributed by atoms with Crippen molar-refractivity contribution >= 4 is 17.5 Å². The van der Waals surface area contributed by atoms with Crippen molar-refractivity contribution in [3.63, 3.8) is 0 Å². The first-order valence-corrected chi connectivity index (χ1v) is 7.95. The molecule has 2 aromatic heterocycles. The van der Waals surface area contributed by atoms with Gasteiger partial charge in [-0.1, -0.05) is 17.7 Å². The molecule has 2 aromatic rings. The third kappa shape index (κ3) is 4.10. The van der Waals surface area contributed by atoms with Crippen molar-refractivity contribution in [1.82, 2.24) is 20.2 Å². The molecule has 6 nitrogen and oxygen atoms in total. The van der Waals surface area contributed by atoms with Gasteiger partial charge in [-0.25, -0.2) is 0 Å². The molecule has 1 aliphatic heterocycles. The topological polar surface area (TPSA) is 70.2 Å². The molecule has 0 bridgehead atoms. The second-order valence-electron chi connectivity index (χ2n) is 5.39. The number of aromatic nitrogens is 2. The average molecular weight is 335 g/mol. The Morgan fingerprint density at radius 2 is 2.30 bits per heavy atom. The van der Waals surface area contributed by atoms with Gasteiger partial charge in [0.1, 0.15) is 5.69 Å². The fourth-order valence-electron chi connectivity index (χ4n) is 2.70. The average Bonchev–Trinajstić information content (AvgIpc) is 3.03. The van der Waals surface area contributed by atoms with E-state index in [4.69, 9.17) is 16.3 Å². The van der Waals surface area contributed by atoms with E-state index in [9.17, 15) is 4.79 Å². The number of aromatic amines is 1. The van der Waals surface area contributed by atoms with Crippen molar-refractivity contribution in [3.05, 3.63) is 53.1 Å². The van der Waals surface area contributed by atoms with Crippen LogP contribution in [0.3, 0.4) is 0 Å². The highest BCUT2D eigenvalue weighted by Gasteiger charge is 2.23. The Bertz CT molecular complexity index is 641. The summed E-state index contributed by atoms with van der Waals surface area (Å²) in [4.78, 5) is 21.6. The van der Waals surface area contributed by atoms with Crippen LogP contribution in [0.15, 0.2) is 36.8 Å². The molecule has 1 atom stereocenters. The molecule has 1 saturated heterocycles. The fourth-order valence-corrected chi connectivity index (χ4v) is 2.87. The Morgan fingerprint density at radius 3 is 2.96 bits per heavy atom. The molecular formula is C16H19ClN4O2. The summed E-state index contributed by atoms with van der Waals surface area (Å²) in [5.41, 5.74) is 1.54. The summed E-state index contributed by atoms with van der Waals surface area (Å²) >= 11 is 5.84. The monoisotopic (exact) mass is 334 g/mol. The number of morpholine rings is 1. The molecule has 0 aromatic carbocycles. The maximum absolute atomic E-state index is 12.2. The van der Waals surface area contributed by atoms with Crippen LogP contribution in [0.25, 0.3) is 0 Å². The first kappa shape index (κ1) is 16.0. The van der Waals surface area contributed by atoms with Gasteiger partial charge < -0.3 is 15.0 Å². The second kappa shape index (κ2) is 7.59. The van der Waals surface area contributed by atoms with E-state index in [0.29, 0.717) is 30.5 Å². The Labute approximate surface area is 139 Å². The molecule has 23 heavy (non-hydrogen) atoms. The predicted octanol–water partition coefficient (Wildman–Crippen LogP) is 1.87. The standard InChI is InChI=1S/C16H19ClN4O2/c17-13-8-14(19-10-13)16(22)20-11-15(12-2-1-3-18-9-12)21-4-6-23-7-5-21/h1-3,8-10,15,19H,4-7,11H2,(H,20,22). The quantitative estimate of drug-likeness (QED) is 0.875. The van der Waals surface area contributed by atoms with Gasteiger partial charge >= 0.3 is 0 Å². The van der Waals surface area contributed by atoms with E-state index in [-0.39, 0.29) is 11.9 Å². The van der Waals surface area contributed by atoms with Crippen LogP contribution in [0, 0.1) is 0 Å². The lowest BCUT2D eigenvalue weighted by atomic mass is 10.1. The van der Waals surface area contributed by atoms with E-state index in [2.05, 4.69) is 20.2 Å². The van der Waals surface area contributed by atoms with Gasteiger partial charge in [-0.15, -0.1) is 0 Å². The van der Waals surface area contributed by atoms with Gasteiger partial charge in [-0.05, 0) is 17.7 Å². The third-order valence-corrected chi connectivity index (χ3v) is 4.12. The number of hydrogen-bond acceptors (Lipinski definition) is 4. The number of ether oxygens (including phenoxy) is 1. The third-order valence-electron chi connectivity index (χ3n) is 3.90. The first-order chi connectivity index (χ1) is 11.2. The molecule has 2 N–H and O–H groups in total. The van der Waals surface area contributed by atoms with Crippen LogP contribution in [-0.4, -0.2) is 53.6 Å². The largest absolute Gasteiger partial charge is 0.379 e. The predicted molar refractivity (Wildman–Crippen MR) is 87.5 cm³/mol. The lowest BCUT2D eigenvalue weighted by Gasteiger charge is -2.34. The van der Waals surface area contributed by atoms with Crippen LogP contribution in [0.4, 0.5) is 0 Å². The zero-order valence-electron chi connectivity index (χ0n) is 12.7. The minimum absolute atomic E-state index is 0.0713. The number of hydrogen-bond donors (Lipinski definition) is 2. The van der Waals surface area contributed by atoms with Crippen LogP contribution >= 0.6 is 11.6 Å². The molecular weight excluding hydrogens is 316 g/mol. The van der Waals surface area contributed by atoms with Crippen LogP contribution in [0.2, 0.25) is 5.02 Å². The molecule has 7 heteroatoms. The maximum atomic E-state index is 12.2.